The normalized spacial score (nSPS) is 28.3. The van der Waals surface area contributed by atoms with E-state index in [0.29, 0.717) is 5.41 Å². The van der Waals surface area contributed by atoms with E-state index in [0.717, 1.165) is 17.4 Å². The molecule has 96 valence electrons. The molecule has 1 fully saturated rings. The Balaban J connectivity index is 2.68. The molecule has 0 aromatic heterocycles. The number of hydrogen-bond acceptors (Lipinski definition) is 1. The average molecular weight is 290 g/mol. The highest BCUT2D eigenvalue weighted by atomic mass is 79.9. The lowest BCUT2D eigenvalue weighted by Crippen LogP contribution is -2.49. The van der Waals surface area contributed by atoms with Crippen LogP contribution in [0.4, 0.5) is 0 Å². The van der Waals surface area contributed by atoms with E-state index in [1.54, 1.807) is 0 Å². The maximum Gasteiger partial charge on any atom is 0.01000 e. The lowest BCUT2D eigenvalue weighted by atomic mass is 9.82. The maximum atomic E-state index is 3.73. The fraction of sp³-hybridized carbons (Fsp3) is 1.00. The molecule has 16 heavy (non-hydrogen) atoms. The summed E-state index contributed by atoms with van der Waals surface area (Å²) < 4.78 is 0. The van der Waals surface area contributed by atoms with Gasteiger partial charge in [0, 0.05) is 24.0 Å². The minimum absolute atomic E-state index is 0.486. The average Bonchev–Trinajstić information content (AvgIpc) is 2.30. The molecule has 0 aliphatic carbocycles. The van der Waals surface area contributed by atoms with Crippen molar-refractivity contribution < 1.29 is 0 Å². The zero-order valence-electron chi connectivity index (χ0n) is 11.4. The molecule has 1 rings (SSSR count). The van der Waals surface area contributed by atoms with Crippen molar-refractivity contribution in [2.45, 2.75) is 71.9 Å². The van der Waals surface area contributed by atoms with Gasteiger partial charge in [0.25, 0.3) is 0 Å². The minimum atomic E-state index is 0.486. The van der Waals surface area contributed by atoms with Crippen LogP contribution >= 0.6 is 15.9 Å². The third-order valence-corrected chi connectivity index (χ3v) is 5.87. The quantitative estimate of drug-likeness (QED) is 0.676. The molecule has 0 aromatic carbocycles. The number of nitrogens with zero attached hydrogens (tertiary/aromatic N) is 1. The van der Waals surface area contributed by atoms with Crippen LogP contribution in [0.5, 0.6) is 0 Å². The van der Waals surface area contributed by atoms with Gasteiger partial charge in [-0.2, -0.15) is 0 Å². The number of alkyl halides is 1. The summed E-state index contributed by atoms with van der Waals surface area (Å²) in [4.78, 5) is 2.75. The van der Waals surface area contributed by atoms with Crippen molar-refractivity contribution in [3.05, 3.63) is 0 Å². The van der Waals surface area contributed by atoms with Gasteiger partial charge in [-0.15, -0.1) is 0 Å². The van der Waals surface area contributed by atoms with E-state index in [4.69, 9.17) is 0 Å². The molecule has 1 aliphatic rings. The highest BCUT2D eigenvalue weighted by Crippen LogP contribution is 2.33. The fourth-order valence-corrected chi connectivity index (χ4v) is 3.85. The van der Waals surface area contributed by atoms with E-state index < -0.39 is 0 Å². The molecule has 1 heterocycles. The first-order valence-corrected chi connectivity index (χ1v) is 8.02. The number of likely N-dealkylation sites (tertiary alicyclic amines) is 1. The predicted octanol–water partition coefficient (Wildman–Crippen LogP) is 4.45. The summed E-state index contributed by atoms with van der Waals surface area (Å²) in [5, 5.41) is 1.14. The number of piperidine rings is 1. The molecule has 0 aromatic rings. The van der Waals surface area contributed by atoms with E-state index in [9.17, 15) is 0 Å². The molecule has 0 radical (unpaired) electrons. The van der Waals surface area contributed by atoms with Gasteiger partial charge >= 0.3 is 0 Å². The topological polar surface area (TPSA) is 3.24 Å². The van der Waals surface area contributed by atoms with E-state index in [1.807, 2.05) is 0 Å². The van der Waals surface area contributed by atoms with Crippen molar-refractivity contribution in [3.63, 3.8) is 0 Å². The van der Waals surface area contributed by atoms with Crippen molar-refractivity contribution in [2.24, 2.45) is 5.41 Å². The Morgan fingerprint density at radius 1 is 1.12 bits per heavy atom. The second-order valence-electron chi connectivity index (χ2n) is 5.64. The van der Waals surface area contributed by atoms with Gasteiger partial charge in [-0.1, -0.05) is 36.2 Å². The van der Waals surface area contributed by atoms with E-state index in [1.165, 1.54) is 38.6 Å². The summed E-state index contributed by atoms with van der Waals surface area (Å²) in [6.45, 7) is 10.8. The molecule has 0 saturated carbocycles. The molecule has 0 spiro atoms. The Kier molecular flexibility index (Phi) is 5.79. The first kappa shape index (κ1) is 14.5. The third kappa shape index (κ3) is 3.22. The van der Waals surface area contributed by atoms with Crippen molar-refractivity contribution in [3.8, 4) is 0 Å². The van der Waals surface area contributed by atoms with Gasteiger partial charge in [0.2, 0.25) is 0 Å². The van der Waals surface area contributed by atoms with Crippen LogP contribution in [-0.2, 0) is 0 Å². The first-order valence-electron chi connectivity index (χ1n) is 6.90. The number of halogens is 1. The fourth-order valence-electron chi connectivity index (χ4n) is 2.88. The third-order valence-electron chi connectivity index (χ3n) is 4.68. The molecule has 0 bridgehead atoms. The van der Waals surface area contributed by atoms with Gasteiger partial charge in [0.1, 0.15) is 0 Å². The van der Waals surface area contributed by atoms with Crippen LogP contribution in [0, 0.1) is 5.41 Å². The summed E-state index contributed by atoms with van der Waals surface area (Å²) in [5.41, 5.74) is 0.486. The van der Waals surface area contributed by atoms with Gasteiger partial charge in [0.15, 0.2) is 0 Å². The van der Waals surface area contributed by atoms with Crippen molar-refractivity contribution >= 4 is 15.9 Å². The highest BCUT2D eigenvalue weighted by Gasteiger charge is 2.33. The Bertz CT molecular complexity index is 183. The van der Waals surface area contributed by atoms with Crippen LogP contribution in [-0.4, -0.2) is 28.9 Å². The van der Waals surface area contributed by atoms with Crippen molar-refractivity contribution in [2.75, 3.05) is 11.9 Å². The number of hydrogen-bond donors (Lipinski definition) is 0. The van der Waals surface area contributed by atoms with Gasteiger partial charge in [-0.3, -0.25) is 4.90 Å². The van der Waals surface area contributed by atoms with Gasteiger partial charge < -0.3 is 0 Å². The molecule has 1 aliphatic heterocycles. The summed E-state index contributed by atoms with van der Waals surface area (Å²) >= 11 is 3.73. The maximum absolute atomic E-state index is 3.73. The van der Waals surface area contributed by atoms with Crippen LogP contribution in [0.15, 0.2) is 0 Å². The minimum Gasteiger partial charge on any atom is -0.297 e. The zero-order valence-corrected chi connectivity index (χ0v) is 13.0. The summed E-state index contributed by atoms with van der Waals surface area (Å²) in [5.74, 6) is 0. The van der Waals surface area contributed by atoms with Gasteiger partial charge in [0.05, 0.1) is 0 Å². The van der Waals surface area contributed by atoms with Crippen LogP contribution in [0.1, 0.15) is 59.8 Å². The molecule has 2 heteroatoms. The lowest BCUT2D eigenvalue weighted by molar-refractivity contribution is 0.0530. The smallest absolute Gasteiger partial charge is 0.01000 e. The largest absolute Gasteiger partial charge is 0.297 e. The number of rotatable bonds is 5. The Morgan fingerprint density at radius 3 is 2.00 bits per heavy atom. The summed E-state index contributed by atoms with van der Waals surface area (Å²) in [7, 11) is 0. The molecule has 1 nitrogen and oxygen atoms in total. The van der Waals surface area contributed by atoms with Crippen LogP contribution in [0.25, 0.3) is 0 Å². The van der Waals surface area contributed by atoms with Crippen molar-refractivity contribution in [1.29, 1.82) is 0 Å². The summed E-state index contributed by atoms with van der Waals surface area (Å²) in [6, 6.07) is 1.56. The molecule has 0 amide bonds. The van der Waals surface area contributed by atoms with Gasteiger partial charge in [-0.25, -0.2) is 0 Å². The standard InChI is InChI=1S/C14H28BrN/c1-5-14(6-2,10-15)11-16-12(3)8-7-9-13(16)4/h12-13H,5-11H2,1-4H3/t12-,13+. The summed E-state index contributed by atoms with van der Waals surface area (Å²) in [6.07, 6.45) is 6.75. The Labute approximate surface area is 110 Å². The first-order chi connectivity index (χ1) is 7.58. The van der Waals surface area contributed by atoms with Crippen LogP contribution in [0.2, 0.25) is 0 Å². The SMILES string of the molecule is CCC(CC)(CBr)CN1[C@H](C)CCC[C@@H]1C. The van der Waals surface area contributed by atoms with E-state index >= 15 is 0 Å². The second kappa shape index (κ2) is 6.39. The molecule has 2 atom stereocenters. The van der Waals surface area contributed by atoms with E-state index in [-0.39, 0.29) is 0 Å². The van der Waals surface area contributed by atoms with Crippen LogP contribution < -0.4 is 0 Å². The highest BCUT2D eigenvalue weighted by molar-refractivity contribution is 9.09. The van der Waals surface area contributed by atoms with Crippen molar-refractivity contribution in [1.82, 2.24) is 4.90 Å². The predicted molar refractivity (Wildman–Crippen MR) is 76.3 cm³/mol. The molecule has 0 N–H and O–H groups in total. The zero-order chi connectivity index (χ0) is 12.2. The monoisotopic (exact) mass is 289 g/mol. The van der Waals surface area contributed by atoms with Crippen LogP contribution in [0.3, 0.4) is 0 Å². The molecular formula is C14H28BrN. The Hall–Kier alpha value is 0.440. The lowest BCUT2D eigenvalue weighted by Gasteiger charge is -2.45. The van der Waals surface area contributed by atoms with Gasteiger partial charge in [-0.05, 0) is 44.9 Å². The second-order valence-corrected chi connectivity index (χ2v) is 6.20. The van der Waals surface area contributed by atoms with E-state index in [2.05, 4.69) is 48.5 Å². The molecule has 0 unspecified atom stereocenters. The Morgan fingerprint density at radius 2 is 1.62 bits per heavy atom. The molecule has 1 saturated heterocycles. The molecular weight excluding hydrogens is 262 g/mol.